The highest BCUT2D eigenvalue weighted by atomic mass is 35.5. The van der Waals surface area contributed by atoms with Crippen LogP contribution in [0.15, 0.2) is 64.0 Å². The number of rotatable bonds is 2. The van der Waals surface area contributed by atoms with Crippen LogP contribution in [0.3, 0.4) is 0 Å². The smallest absolute Gasteiger partial charge is 0.343 e. The molecule has 1 heterocycles. The molecule has 0 aliphatic heterocycles. The number of hydrogen-bond donors (Lipinski definition) is 0. The van der Waals surface area contributed by atoms with Gasteiger partial charge in [-0.05, 0) is 24.3 Å². The largest absolute Gasteiger partial charge is 0.462 e. The summed E-state index contributed by atoms with van der Waals surface area (Å²) in [4.78, 5) is 23.7. The molecule has 0 aliphatic rings. The van der Waals surface area contributed by atoms with Gasteiger partial charge in [0.1, 0.15) is 22.6 Å². The first kappa shape index (κ1) is 13.4. The number of esters is 1. The van der Waals surface area contributed by atoms with E-state index in [0.29, 0.717) is 22.3 Å². The van der Waals surface area contributed by atoms with E-state index in [2.05, 4.69) is 0 Å². The maximum Gasteiger partial charge on any atom is 0.343 e. The first-order valence-corrected chi connectivity index (χ1v) is 6.51. The highest BCUT2D eigenvalue weighted by Crippen LogP contribution is 2.21. The molecular formula is C16H9ClO4. The Balaban J connectivity index is 1.94. The Morgan fingerprint density at radius 1 is 1.10 bits per heavy atom. The second-order valence-corrected chi connectivity index (χ2v) is 4.73. The zero-order valence-electron chi connectivity index (χ0n) is 10.7. The quantitative estimate of drug-likeness (QED) is 0.535. The zero-order valence-corrected chi connectivity index (χ0v) is 11.5. The Kier molecular flexibility index (Phi) is 3.46. The third-order valence-electron chi connectivity index (χ3n) is 2.92. The van der Waals surface area contributed by atoms with E-state index in [1.165, 1.54) is 18.2 Å². The normalized spacial score (nSPS) is 10.5. The molecule has 0 amide bonds. The zero-order chi connectivity index (χ0) is 14.8. The minimum absolute atomic E-state index is 0.0107. The van der Waals surface area contributed by atoms with Crippen LogP contribution in [0.5, 0.6) is 5.75 Å². The van der Waals surface area contributed by atoms with Crippen molar-refractivity contribution in [2.24, 2.45) is 0 Å². The Morgan fingerprint density at radius 3 is 2.62 bits per heavy atom. The molecule has 21 heavy (non-hydrogen) atoms. The molecule has 0 spiro atoms. The number of carbonyl (C=O) groups is 1. The summed E-state index contributed by atoms with van der Waals surface area (Å²) in [6.07, 6.45) is 1.16. The number of hydrogen-bond acceptors (Lipinski definition) is 4. The summed E-state index contributed by atoms with van der Waals surface area (Å²) >= 11 is 5.70. The van der Waals surface area contributed by atoms with E-state index in [1.54, 1.807) is 24.3 Å². The van der Waals surface area contributed by atoms with Crippen molar-refractivity contribution in [1.82, 2.24) is 0 Å². The van der Waals surface area contributed by atoms with Gasteiger partial charge in [0.2, 0.25) is 5.43 Å². The lowest BCUT2D eigenvalue weighted by molar-refractivity contribution is 0.0735. The van der Waals surface area contributed by atoms with Crippen LogP contribution in [0.1, 0.15) is 10.4 Å². The topological polar surface area (TPSA) is 56.5 Å². The Hall–Kier alpha value is -2.59. The molecule has 3 aromatic rings. The van der Waals surface area contributed by atoms with Crippen LogP contribution in [0.2, 0.25) is 5.02 Å². The second kappa shape index (κ2) is 5.42. The molecule has 0 aliphatic carbocycles. The molecule has 4 nitrogen and oxygen atoms in total. The van der Waals surface area contributed by atoms with Crippen molar-refractivity contribution in [3.63, 3.8) is 0 Å². The molecule has 0 bridgehead atoms. The van der Waals surface area contributed by atoms with Gasteiger partial charge in [0.25, 0.3) is 0 Å². The van der Waals surface area contributed by atoms with Gasteiger partial charge in [-0.1, -0.05) is 29.8 Å². The molecule has 3 rings (SSSR count). The first-order valence-electron chi connectivity index (χ1n) is 6.13. The number of benzene rings is 2. The fourth-order valence-corrected chi connectivity index (χ4v) is 2.04. The molecule has 104 valence electrons. The van der Waals surface area contributed by atoms with Gasteiger partial charge in [0.05, 0.1) is 10.9 Å². The summed E-state index contributed by atoms with van der Waals surface area (Å²) in [6, 6.07) is 13.1. The number of fused-ring (bicyclic) bond motifs is 1. The van der Waals surface area contributed by atoms with Gasteiger partial charge in [-0.3, -0.25) is 4.79 Å². The van der Waals surface area contributed by atoms with Crippen molar-refractivity contribution in [3.05, 3.63) is 75.6 Å². The molecule has 2 aromatic carbocycles. The van der Waals surface area contributed by atoms with Crippen molar-refractivity contribution in [3.8, 4) is 5.75 Å². The maximum absolute atomic E-state index is 11.9. The van der Waals surface area contributed by atoms with Gasteiger partial charge in [-0.2, -0.15) is 0 Å². The second-order valence-electron chi connectivity index (χ2n) is 4.33. The third kappa shape index (κ3) is 2.66. The van der Waals surface area contributed by atoms with E-state index in [1.807, 2.05) is 6.07 Å². The summed E-state index contributed by atoms with van der Waals surface area (Å²) in [7, 11) is 0. The monoisotopic (exact) mass is 300 g/mol. The van der Waals surface area contributed by atoms with Crippen LogP contribution in [0.4, 0.5) is 0 Å². The van der Waals surface area contributed by atoms with Crippen LogP contribution < -0.4 is 10.2 Å². The lowest BCUT2D eigenvalue weighted by Gasteiger charge is -2.05. The van der Waals surface area contributed by atoms with Crippen LogP contribution in [0, 0.1) is 0 Å². The molecule has 0 atom stereocenters. The van der Waals surface area contributed by atoms with Crippen LogP contribution in [-0.2, 0) is 0 Å². The van der Waals surface area contributed by atoms with Crippen LogP contribution in [-0.4, -0.2) is 5.97 Å². The molecule has 0 unspecified atom stereocenters. The Bertz CT molecular complexity index is 868. The van der Waals surface area contributed by atoms with Gasteiger partial charge in [0.15, 0.2) is 0 Å². The van der Waals surface area contributed by atoms with Crippen molar-refractivity contribution in [2.45, 2.75) is 0 Å². The van der Waals surface area contributed by atoms with E-state index in [9.17, 15) is 9.59 Å². The van der Waals surface area contributed by atoms with Crippen molar-refractivity contribution in [1.29, 1.82) is 0 Å². The highest BCUT2D eigenvalue weighted by molar-refractivity contribution is 6.30. The first-order chi connectivity index (χ1) is 10.1. The van der Waals surface area contributed by atoms with E-state index < -0.39 is 5.97 Å². The molecular weight excluding hydrogens is 292 g/mol. The summed E-state index contributed by atoms with van der Waals surface area (Å²) in [6.45, 7) is 0. The number of ether oxygens (including phenoxy) is 1. The fourth-order valence-electron chi connectivity index (χ4n) is 1.89. The molecule has 0 saturated carbocycles. The average molecular weight is 301 g/mol. The molecule has 1 aromatic heterocycles. The van der Waals surface area contributed by atoms with E-state index in [4.69, 9.17) is 20.8 Å². The lowest BCUT2D eigenvalue weighted by atomic mass is 10.2. The number of halogens is 1. The van der Waals surface area contributed by atoms with Crippen molar-refractivity contribution < 1.29 is 13.9 Å². The average Bonchev–Trinajstić information content (AvgIpc) is 2.52. The standard InChI is InChI=1S/C16H9ClO4/c17-13-9-20-14-8-11(6-7-12(14)15(13)18)21-16(19)10-4-2-1-3-5-10/h1-9H. The minimum Gasteiger partial charge on any atom is -0.462 e. The fraction of sp³-hybridized carbons (Fsp3) is 0. The Morgan fingerprint density at radius 2 is 1.86 bits per heavy atom. The predicted octanol–water partition coefficient (Wildman–Crippen LogP) is 3.67. The molecule has 0 radical (unpaired) electrons. The van der Waals surface area contributed by atoms with Gasteiger partial charge in [-0.15, -0.1) is 0 Å². The molecule has 5 heteroatoms. The summed E-state index contributed by atoms with van der Waals surface area (Å²) < 4.78 is 10.5. The minimum atomic E-state index is -0.480. The van der Waals surface area contributed by atoms with Gasteiger partial charge in [0, 0.05) is 6.07 Å². The van der Waals surface area contributed by atoms with Crippen molar-refractivity contribution in [2.75, 3.05) is 0 Å². The highest BCUT2D eigenvalue weighted by Gasteiger charge is 2.10. The summed E-state index contributed by atoms with van der Waals surface area (Å²) in [5, 5.41) is 0.346. The van der Waals surface area contributed by atoms with Gasteiger partial charge >= 0.3 is 5.97 Å². The van der Waals surface area contributed by atoms with Crippen LogP contribution in [0.25, 0.3) is 11.0 Å². The summed E-state index contributed by atoms with van der Waals surface area (Å²) in [5.74, 6) is -0.187. The molecule has 0 saturated heterocycles. The SMILES string of the molecule is O=C(Oc1ccc2c(=O)c(Cl)coc2c1)c1ccccc1. The van der Waals surface area contributed by atoms with Gasteiger partial charge < -0.3 is 9.15 Å². The van der Waals surface area contributed by atoms with Crippen molar-refractivity contribution >= 4 is 28.5 Å². The predicted molar refractivity (Wildman–Crippen MR) is 78.9 cm³/mol. The number of carbonyl (C=O) groups excluding carboxylic acids is 1. The maximum atomic E-state index is 11.9. The Labute approximate surface area is 124 Å². The lowest BCUT2D eigenvalue weighted by Crippen LogP contribution is -2.08. The molecule has 0 fully saturated rings. The third-order valence-corrected chi connectivity index (χ3v) is 3.18. The van der Waals surface area contributed by atoms with Crippen LogP contribution >= 0.6 is 11.6 Å². The van der Waals surface area contributed by atoms with E-state index in [0.717, 1.165) is 6.26 Å². The summed E-state index contributed by atoms with van der Waals surface area (Å²) in [5.41, 5.74) is 0.428. The van der Waals surface area contributed by atoms with Gasteiger partial charge in [-0.25, -0.2) is 4.79 Å². The van der Waals surface area contributed by atoms with E-state index >= 15 is 0 Å². The van der Waals surface area contributed by atoms with E-state index in [-0.39, 0.29) is 10.5 Å². The molecule has 0 N–H and O–H groups in total.